The van der Waals surface area contributed by atoms with E-state index in [1.165, 1.54) is 11.3 Å². The molecule has 0 radical (unpaired) electrons. The summed E-state index contributed by atoms with van der Waals surface area (Å²) in [6, 6.07) is 9.82. The molecule has 2 amide bonds. The molecule has 0 atom stereocenters. The number of piperidine rings is 1. The van der Waals surface area contributed by atoms with Gasteiger partial charge in [0.15, 0.2) is 5.13 Å². The molecular weight excluding hydrogens is 338 g/mol. The largest absolute Gasteiger partial charge is 0.393 e. The van der Waals surface area contributed by atoms with Crippen molar-refractivity contribution in [1.29, 1.82) is 0 Å². The summed E-state index contributed by atoms with van der Waals surface area (Å²) in [6.45, 7) is 1.08. The monoisotopic (exact) mass is 359 g/mol. The highest BCUT2D eigenvalue weighted by Gasteiger charge is 2.24. The summed E-state index contributed by atoms with van der Waals surface area (Å²) in [4.78, 5) is 30.4. The summed E-state index contributed by atoms with van der Waals surface area (Å²) in [5, 5.41) is 14.4. The van der Waals surface area contributed by atoms with Gasteiger partial charge in [0.1, 0.15) is 5.69 Å². The summed E-state index contributed by atoms with van der Waals surface area (Å²) < 4.78 is 0. The van der Waals surface area contributed by atoms with E-state index in [1.54, 1.807) is 10.3 Å². The number of benzene rings is 1. The number of nitrogens with zero attached hydrogens (tertiary/aromatic N) is 2. The van der Waals surface area contributed by atoms with Crippen molar-refractivity contribution >= 4 is 28.3 Å². The number of hydrogen-bond acceptors (Lipinski definition) is 5. The van der Waals surface area contributed by atoms with Crippen molar-refractivity contribution in [3.63, 3.8) is 0 Å². The number of thiazole rings is 1. The number of aromatic nitrogens is 1. The molecule has 0 unspecified atom stereocenters. The summed E-state index contributed by atoms with van der Waals surface area (Å²) in [6.07, 6.45) is 1.91. The molecule has 1 aromatic heterocycles. The Morgan fingerprint density at radius 3 is 2.68 bits per heavy atom. The lowest BCUT2D eigenvalue weighted by Gasteiger charge is -2.28. The number of amides is 2. The van der Waals surface area contributed by atoms with Gasteiger partial charge in [-0.1, -0.05) is 30.3 Å². The van der Waals surface area contributed by atoms with Gasteiger partial charge in [-0.2, -0.15) is 0 Å². The van der Waals surface area contributed by atoms with Crippen LogP contribution < -0.4 is 5.32 Å². The molecule has 0 saturated carbocycles. The molecule has 1 aliphatic rings. The van der Waals surface area contributed by atoms with E-state index >= 15 is 0 Å². The average Bonchev–Trinajstić information content (AvgIpc) is 3.09. The molecule has 1 saturated heterocycles. The highest BCUT2D eigenvalue weighted by molar-refractivity contribution is 7.14. The maximum Gasteiger partial charge on any atom is 0.273 e. The standard InChI is InChI=1S/C18H21N3O3S/c22-14-8-10-21(11-9-14)17(24)15-12-25-18(19-15)20-16(23)7-6-13-4-2-1-3-5-13/h1-5,12,14,22H,6-11H2,(H,19,20,23). The van der Waals surface area contributed by atoms with E-state index in [-0.39, 0.29) is 17.9 Å². The number of aliphatic hydroxyl groups excluding tert-OH is 1. The molecule has 2 aromatic rings. The van der Waals surface area contributed by atoms with Crippen LogP contribution in [0.5, 0.6) is 0 Å². The highest BCUT2D eigenvalue weighted by Crippen LogP contribution is 2.19. The molecule has 0 bridgehead atoms. The minimum Gasteiger partial charge on any atom is -0.393 e. The van der Waals surface area contributed by atoms with Crippen LogP contribution >= 0.6 is 11.3 Å². The molecule has 0 spiro atoms. The first-order chi connectivity index (χ1) is 12.1. The Bertz CT molecular complexity index is 724. The molecule has 7 heteroatoms. The molecule has 25 heavy (non-hydrogen) atoms. The quantitative estimate of drug-likeness (QED) is 0.858. The Kier molecular flexibility index (Phi) is 5.78. The third-order valence-corrected chi connectivity index (χ3v) is 4.96. The normalized spacial score (nSPS) is 15.2. The van der Waals surface area contributed by atoms with Crippen LogP contribution in [0.3, 0.4) is 0 Å². The Balaban J connectivity index is 1.51. The third-order valence-electron chi connectivity index (χ3n) is 4.20. The smallest absolute Gasteiger partial charge is 0.273 e. The zero-order valence-electron chi connectivity index (χ0n) is 13.9. The number of aliphatic hydroxyl groups is 1. The van der Waals surface area contributed by atoms with Gasteiger partial charge in [0.05, 0.1) is 6.10 Å². The van der Waals surface area contributed by atoms with Gasteiger partial charge in [-0.05, 0) is 24.8 Å². The van der Waals surface area contributed by atoms with E-state index in [4.69, 9.17) is 0 Å². The molecule has 1 fully saturated rings. The minimum atomic E-state index is -0.320. The van der Waals surface area contributed by atoms with Crippen molar-refractivity contribution in [3.8, 4) is 0 Å². The van der Waals surface area contributed by atoms with E-state index in [9.17, 15) is 14.7 Å². The van der Waals surface area contributed by atoms with Gasteiger partial charge in [-0.25, -0.2) is 4.98 Å². The Morgan fingerprint density at radius 1 is 1.24 bits per heavy atom. The second-order valence-electron chi connectivity index (χ2n) is 6.10. The molecule has 2 N–H and O–H groups in total. The Morgan fingerprint density at radius 2 is 1.96 bits per heavy atom. The van der Waals surface area contributed by atoms with Crippen molar-refractivity contribution in [3.05, 3.63) is 47.0 Å². The van der Waals surface area contributed by atoms with Crippen molar-refractivity contribution in [2.75, 3.05) is 18.4 Å². The summed E-state index contributed by atoms with van der Waals surface area (Å²) in [5.41, 5.74) is 1.46. The first kappa shape index (κ1) is 17.6. The molecule has 1 aliphatic heterocycles. The first-order valence-electron chi connectivity index (χ1n) is 8.38. The zero-order valence-corrected chi connectivity index (χ0v) is 14.7. The van der Waals surface area contributed by atoms with Gasteiger partial charge in [0, 0.05) is 24.9 Å². The number of rotatable bonds is 5. The van der Waals surface area contributed by atoms with Gasteiger partial charge in [0.2, 0.25) is 5.91 Å². The van der Waals surface area contributed by atoms with Crippen LogP contribution in [0, 0.1) is 0 Å². The predicted molar refractivity (Wildman–Crippen MR) is 96.7 cm³/mol. The second kappa shape index (κ2) is 8.22. The number of likely N-dealkylation sites (tertiary alicyclic amines) is 1. The lowest BCUT2D eigenvalue weighted by molar-refractivity contribution is -0.116. The van der Waals surface area contributed by atoms with E-state index in [0.29, 0.717) is 49.6 Å². The molecule has 1 aromatic carbocycles. The van der Waals surface area contributed by atoms with E-state index in [1.807, 2.05) is 30.3 Å². The zero-order chi connectivity index (χ0) is 17.6. The van der Waals surface area contributed by atoms with Gasteiger partial charge in [-0.3, -0.25) is 9.59 Å². The van der Waals surface area contributed by atoms with Crippen molar-refractivity contribution in [2.24, 2.45) is 0 Å². The number of carbonyl (C=O) groups is 2. The molecule has 6 nitrogen and oxygen atoms in total. The maximum absolute atomic E-state index is 12.4. The fraction of sp³-hybridized carbons (Fsp3) is 0.389. The SMILES string of the molecule is O=C(CCc1ccccc1)Nc1nc(C(=O)N2CCC(O)CC2)cs1. The van der Waals surface area contributed by atoms with Crippen molar-refractivity contribution in [2.45, 2.75) is 31.8 Å². The lowest BCUT2D eigenvalue weighted by atomic mass is 10.1. The van der Waals surface area contributed by atoms with Gasteiger partial charge >= 0.3 is 0 Å². The third kappa shape index (κ3) is 4.87. The second-order valence-corrected chi connectivity index (χ2v) is 6.95. The van der Waals surface area contributed by atoms with Crippen LogP contribution in [0.15, 0.2) is 35.7 Å². The van der Waals surface area contributed by atoms with E-state index < -0.39 is 0 Å². The van der Waals surface area contributed by atoms with Crippen molar-refractivity contribution in [1.82, 2.24) is 9.88 Å². The van der Waals surface area contributed by atoms with Crippen LogP contribution in [0.1, 0.15) is 35.3 Å². The number of aryl methyl sites for hydroxylation is 1. The van der Waals surface area contributed by atoms with Crippen LogP contribution in [-0.2, 0) is 11.2 Å². The Labute approximate surface area is 150 Å². The number of carbonyl (C=O) groups excluding carboxylic acids is 2. The maximum atomic E-state index is 12.4. The van der Waals surface area contributed by atoms with Crippen molar-refractivity contribution < 1.29 is 14.7 Å². The topological polar surface area (TPSA) is 82.5 Å². The summed E-state index contributed by atoms with van der Waals surface area (Å²) in [5.74, 6) is -0.258. The molecular formula is C18H21N3O3S. The molecule has 132 valence electrons. The number of hydrogen-bond donors (Lipinski definition) is 2. The van der Waals surface area contributed by atoms with Crippen LogP contribution in [0.25, 0.3) is 0 Å². The number of anilines is 1. The molecule has 0 aliphatic carbocycles. The van der Waals surface area contributed by atoms with E-state index in [0.717, 1.165) is 5.56 Å². The highest BCUT2D eigenvalue weighted by atomic mass is 32.1. The Hall–Kier alpha value is -2.25. The lowest BCUT2D eigenvalue weighted by Crippen LogP contribution is -2.40. The fourth-order valence-electron chi connectivity index (χ4n) is 2.74. The molecule has 3 rings (SSSR count). The minimum absolute atomic E-state index is 0.113. The van der Waals surface area contributed by atoms with Gasteiger partial charge < -0.3 is 15.3 Å². The van der Waals surface area contributed by atoms with Gasteiger partial charge in [-0.15, -0.1) is 11.3 Å². The number of nitrogens with one attached hydrogen (secondary N) is 1. The average molecular weight is 359 g/mol. The van der Waals surface area contributed by atoms with Crippen LogP contribution in [-0.4, -0.2) is 46.0 Å². The summed E-state index contributed by atoms with van der Waals surface area (Å²) in [7, 11) is 0. The fourth-order valence-corrected chi connectivity index (χ4v) is 3.45. The first-order valence-corrected chi connectivity index (χ1v) is 9.26. The van der Waals surface area contributed by atoms with Gasteiger partial charge in [0.25, 0.3) is 5.91 Å². The van der Waals surface area contributed by atoms with E-state index in [2.05, 4.69) is 10.3 Å². The molecule has 2 heterocycles. The van der Waals surface area contributed by atoms with Crippen LogP contribution in [0.2, 0.25) is 0 Å². The summed E-state index contributed by atoms with van der Waals surface area (Å²) >= 11 is 1.25. The predicted octanol–water partition coefficient (Wildman–Crippen LogP) is 2.31. The van der Waals surface area contributed by atoms with Crippen LogP contribution in [0.4, 0.5) is 5.13 Å².